The first-order chi connectivity index (χ1) is 30.2. The summed E-state index contributed by atoms with van der Waals surface area (Å²) in [6.45, 7) is 0. The molecule has 0 unspecified atom stereocenters. The van der Waals surface area contributed by atoms with E-state index in [1.807, 2.05) is 22.7 Å². The van der Waals surface area contributed by atoms with Crippen LogP contribution in [0.2, 0.25) is 0 Å². The Hall–Kier alpha value is -7.30. The molecule has 0 aliphatic heterocycles. The molecule has 12 rings (SSSR count). The standard InChI is InChI=1S/C58H37NS2/c1-2-16-46-39(12-1)13-10-20-47(46)42-14-9-15-43(36-42)48-17-3-6-22-53(48)59(44-31-26-38(27-32-44)41-30-35-56-52(37-41)50-18-4-7-23-54(50)60-56)45-33-28-40(29-34-45)49-21-11-25-57-58(49)51-19-5-8-24-55(51)61-57/h1-37H. The molecule has 3 heteroatoms. The minimum atomic E-state index is 1.10. The Balaban J connectivity index is 0.987. The zero-order chi connectivity index (χ0) is 40.3. The molecule has 0 N–H and O–H groups in total. The first kappa shape index (κ1) is 35.6. The van der Waals surface area contributed by atoms with Gasteiger partial charge in [0.05, 0.1) is 5.69 Å². The third kappa shape index (κ3) is 6.21. The average molecular weight is 812 g/mol. The van der Waals surface area contributed by atoms with E-state index in [0.717, 1.165) is 17.1 Å². The lowest BCUT2D eigenvalue weighted by molar-refractivity contribution is 1.28. The molecule has 0 fully saturated rings. The first-order valence-electron chi connectivity index (χ1n) is 20.7. The van der Waals surface area contributed by atoms with Gasteiger partial charge < -0.3 is 4.90 Å². The summed E-state index contributed by atoms with van der Waals surface area (Å²) in [4.78, 5) is 2.42. The van der Waals surface area contributed by atoms with Crippen LogP contribution in [0.3, 0.4) is 0 Å². The number of benzene rings is 10. The van der Waals surface area contributed by atoms with Crippen molar-refractivity contribution in [2.45, 2.75) is 0 Å². The highest BCUT2D eigenvalue weighted by Gasteiger charge is 2.19. The average Bonchev–Trinajstić information content (AvgIpc) is 3.90. The summed E-state index contributed by atoms with van der Waals surface area (Å²) >= 11 is 3.73. The molecule has 0 aliphatic rings. The highest BCUT2D eigenvalue weighted by molar-refractivity contribution is 7.26. The van der Waals surface area contributed by atoms with E-state index in [1.54, 1.807) is 0 Å². The maximum Gasteiger partial charge on any atom is 0.0540 e. The van der Waals surface area contributed by atoms with Crippen LogP contribution >= 0.6 is 22.7 Å². The summed E-state index contributed by atoms with van der Waals surface area (Å²) in [6.07, 6.45) is 0. The zero-order valence-electron chi connectivity index (χ0n) is 33.1. The third-order valence-electron chi connectivity index (χ3n) is 12.1. The van der Waals surface area contributed by atoms with Gasteiger partial charge in [0.1, 0.15) is 0 Å². The maximum absolute atomic E-state index is 2.42. The molecule has 0 aliphatic carbocycles. The Bertz CT molecular complexity index is 3590. The lowest BCUT2D eigenvalue weighted by Gasteiger charge is -2.28. The molecule has 286 valence electrons. The fourth-order valence-electron chi connectivity index (χ4n) is 9.19. The normalized spacial score (nSPS) is 11.6. The molecular weight excluding hydrogens is 775 g/mol. The van der Waals surface area contributed by atoms with Crippen LogP contribution in [0.4, 0.5) is 17.1 Å². The van der Waals surface area contributed by atoms with E-state index in [2.05, 4.69) is 229 Å². The fourth-order valence-corrected chi connectivity index (χ4v) is 11.4. The SMILES string of the molecule is c1cc(-c2ccccc2N(c2ccc(-c3ccc4sc5ccccc5c4c3)cc2)c2ccc(-c3cccc4sc5ccccc5c34)cc2)cc(-c2cccc3ccccc23)c1. The van der Waals surface area contributed by atoms with Crippen molar-refractivity contribution in [1.29, 1.82) is 0 Å². The van der Waals surface area contributed by atoms with Gasteiger partial charge in [0.15, 0.2) is 0 Å². The topological polar surface area (TPSA) is 3.24 Å². The van der Waals surface area contributed by atoms with Crippen LogP contribution in [0.1, 0.15) is 0 Å². The van der Waals surface area contributed by atoms with Crippen molar-refractivity contribution in [3.63, 3.8) is 0 Å². The molecule has 0 spiro atoms. The quantitative estimate of drug-likeness (QED) is 0.155. The number of thiophene rings is 2. The van der Waals surface area contributed by atoms with E-state index < -0.39 is 0 Å². The lowest BCUT2D eigenvalue weighted by atomic mass is 9.94. The van der Waals surface area contributed by atoms with E-state index in [9.17, 15) is 0 Å². The molecule has 12 aromatic rings. The van der Waals surface area contributed by atoms with E-state index >= 15 is 0 Å². The summed E-state index contributed by atoms with van der Waals surface area (Å²) in [5.41, 5.74) is 13.0. The molecule has 0 atom stereocenters. The Morgan fingerprint density at radius 3 is 1.62 bits per heavy atom. The van der Waals surface area contributed by atoms with Crippen LogP contribution in [-0.4, -0.2) is 0 Å². The summed E-state index contributed by atoms with van der Waals surface area (Å²) < 4.78 is 5.28. The third-order valence-corrected chi connectivity index (χ3v) is 14.4. The number of hydrogen-bond acceptors (Lipinski definition) is 3. The number of rotatable bonds is 7. The van der Waals surface area contributed by atoms with E-state index in [4.69, 9.17) is 0 Å². The molecule has 0 saturated carbocycles. The van der Waals surface area contributed by atoms with Gasteiger partial charge in [-0.05, 0) is 116 Å². The van der Waals surface area contributed by atoms with Crippen LogP contribution in [0, 0.1) is 0 Å². The maximum atomic E-state index is 2.42. The van der Waals surface area contributed by atoms with Crippen molar-refractivity contribution in [2.24, 2.45) is 0 Å². The van der Waals surface area contributed by atoms with Crippen LogP contribution < -0.4 is 4.90 Å². The smallest absolute Gasteiger partial charge is 0.0540 e. The van der Waals surface area contributed by atoms with Crippen molar-refractivity contribution in [2.75, 3.05) is 4.90 Å². The summed E-state index contributed by atoms with van der Waals surface area (Å²) in [5.74, 6) is 0. The first-order valence-corrected chi connectivity index (χ1v) is 22.4. The molecule has 0 amide bonds. The molecule has 2 aromatic heterocycles. The van der Waals surface area contributed by atoms with Crippen molar-refractivity contribution >= 4 is 90.9 Å². The lowest BCUT2D eigenvalue weighted by Crippen LogP contribution is -2.11. The Labute approximate surface area is 362 Å². The van der Waals surface area contributed by atoms with Gasteiger partial charge >= 0.3 is 0 Å². The van der Waals surface area contributed by atoms with Crippen LogP contribution in [0.15, 0.2) is 224 Å². The second kappa shape index (κ2) is 14.8. The van der Waals surface area contributed by atoms with Crippen molar-refractivity contribution in [1.82, 2.24) is 0 Å². The molecular formula is C58H37NS2. The number of anilines is 3. The largest absolute Gasteiger partial charge is 0.310 e. The van der Waals surface area contributed by atoms with Crippen LogP contribution in [-0.2, 0) is 0 Å². The molecule has 2 heterocycles. The second-order valence-corrected chi connectivity index (χ2v) is 17.8. The molecule has 0 saturated heterocycles. The van der Waals surface area contributed by atoms with E-state index in [-0.39, 0.29) is 0 Å². The fraction of sp³-hybridized carbons (Fsp3) is 0. The Kier molecular flexibility index (Phi) is 8.62. The van der Waals surface area contributed by atoms with E-state index in [0.29, 0.717) is 0 Å². The van der Waals surface area contributed by atoms with Crippen molar-refractivity contribution in [3.05, 3.63) is 224 Å². The summed E-state index contributed by atoms with van der Waals surface area (Å²) in [6, 6.07) is 82.5. The number of hydrogen-bond donors (Lipinski definition) is 0. The van der Waals surface area contributed by atoms with Crippen LogP contribution in [0.25, 0.3) is 95.6 Å². The molecule has 0 radical (unpaired) electrons. The second-order valence-electron chi connectivity index (χ2n) is 15.6. The molecule has 61 heavy (non-hydrogen) atoms. The zero-order valence-corrected chi connectivity index (χ0v) is 34.8. The summed E-state index contributed by atoms with van der Waals surface area (Å²) in [7, 11) is 0. The predicted octanol–water partition coefficient (Wildman–Crippen LogP) is 17.7. The number of fused-ring (bicyclic) bond motifs is 7. The van der Waals surface area contributed by atoms with Gasteiger partial charge in [0.2, 0.25) is 0 Å². The van der Waals surface area contributed by atoms with Crippen molar-refractivity contribution < 1.29 is 0 Å². The molecule has 10 aromatic carbocycles. The molecule has 1 nitrogen and oxygen atoms in total. The highest BCUT2D eigenvalue weighted by Crippen LogP contribution is 2.45. The monoisotopic (exact) mass is 811 g/mol. The van der Waals surface area contributed by atoms with Gasteiger partial charge in [-0.3, -0.25) is 0 Å². The number of nitrogens with zero attached hydrogens (tertiary/aromatic N) is 1. The van der Waals surface area contributed by atoms with Gasteiger partial charge in [0.25, 0.3) is 0 Å². The van der Waals surface area contributed by atoms with Gasteiger partial charge in [-0.25, -0.2) is 0 Å². The minimum absolute atomic E-state index is 1.10. The van der Waals surface area contributed by atoms with Gasteiger partial charge in [-0.2, -0.15) is 0 Å². The Morgan fingerprint density at radius 1 is 0.279 bits per heavy atom. The Morgan fingerprint density at radius 2 is 0.803 bits per heavy atom. The number of para-hydroxylation sites is 1. The van der Waals surface area contributed by atoms with E-state index in [1.165, 1.54) is 95.6 Å². The minimum Gasteiger partial charge on any atom is -0.310 e. The predicted molar refractivity (Wildman–Crippen MR) is 266 cm³/mol. The van der Waals surface area contributed by atoms with Crippen molar-refractivity contribution in [3.8, 4) is 44.5 Å². The van der Waals surface area contributed by atoms with Gasteiger partial charge in [0, 0.05) is 57.3 Å². The van der Waals surface area contributed by atoms with Gasteiger partial charge in [-0.1, -0.05) is 158 Å². The van der Waals surface area contributed by atoms with Gasteiger partial charge in [-0.15, -0.1) is 22.7 Å². The van der Waals surface area contributed by atoms with Crippen LogP contribution in [0.5, 0.6) is 0 Å². The molecule has 0 bridgehead atoms. The highest BCUT2D eigenvalue weighted by atomic mass is 32.1. The summed E-state index contributed by atoms with van der Waals surface area (Å²) in [5, 5.41) is 7.78.